The van der Waals surface area contributed by atoms with Crippen molar-refractivity contribution in [1.29, 1.82) is 0 Å². The average molecular weight is 273 g/mol. The van der Waals surface area contributed by atoms with E-state index < -0.39 is 0 Å². The first-order chi connectivity index (χ1) is 9.74. The van der Waals surface area contributed by atoms with Crippen LogP contribution in [0.15, 0.2) is 48.5 Å². The van der Waals surface area contributed by atoms with Crippen LogP contribution in [0.3, 0.4) is 0 Å². The predicted octanol–water partition coefficient (Wildman–Crippen LogP) is 1.92. The molecule has 0 amide bonds. The zero-order valence-electron chi connectivity index (χ0n) is 11.2. The number of aliphatic hydroxyl groups is 2. The van der Waals surface area contributed by atoms with E-state index in [1.807, 2.05) is 30.3 Å². The van der Waals surface area contributed by atoms with Crippen molar-refractivity contribution in [2.24, 2.45) is 0 Å². The van der Waals surface area contributed by atoms with Crippen molar-refractivity contribution in [1.82, 2.24) is 0 Å². The third-order valence-corrected chi connectivity index (χ3v) is 3.19. The zero-order chi connectivity index (χ0) is 14.4. The molecule has 0 aliphatic carbocycles. The van der Waals surface area contributed by atoms with Gasteiger partial charge in [-0.2, -0.15) is 0 Å². The first-order valence-electron chi connectivity index (χ1n) is 6.52. The highest BCUT2D eigenvalue weighted by Crippen LogP contribution is 2.26. The van der Waals surface area contributed by atoms with Crippen molar-refractivity contribution in [3.63, 3.8) is 0 Å². The molecule has 2 aromatic carbocycles. The lowest BCUT2D eigenvalue weighted by molar-refractivity contribution is 0.193. The standard InChI is InChI=1S/C16H19NO3/c17-16-8-14(6-7-15(16)13(9-18)10-19)20-11-12-4-2-1-3-5-12/h1-8,13,18-19H,9-11,17H2. The highest BCUT2D eigenvalue weighted by atomic mass is 16.5. The Labute approximate surface area is 118 Å². The largest absolute Gasteiger partial charge is 0.489 e. The summed E-state index contributed by atoms with van der Waals surface area (Å²) >= 11 is 0. The molecule has 0 aliphatic rings. The molecule has 0 saturated heterocycles. The Bertz CT molecular complexity index is 539. The first-order valence-corrected chi connectivity index (χ1v) is 6.52. The molecular formula is C16H19NO3. The summed E-state index contributed by atoms with van der Waals surface area (Å²) in [4.78, 5) is 0. The Balaban J connectivity index is 2.05. The summed E-state index contributed by atoms with van der Waals surface area (Å²) in [5.41, 5.74) is 8.28. The third-order valence-electron chi connectivity index (χ3n) is 3.19. The van der Waals surface area contributed by atoms with E-state index in [0.29, 0.717) is 18.0 Å². The van der Waals surface area contributed by atoms with Crippen LogP contribution >= 0.6 is 0 Å². The minimum atomic E-state index is -0.349. The number of ether oxygens (including phenoxy) is 1. The van der Waals surface area contributed by atoms with E-state index in [4.69, 9.17) is 10.5 Å². The number of nitrogen functional groups attached to an aromatic ring is 1. The van der Waals surface area contributed by atoms with Gasteiger partial charge in [0.1, 0.15) is 12.4 Å². The van der Waals surface area contributed by atoms with E-state index in [9.17, 15) is 10.2 Å². The highest BCUT2D eigenvalue weighted by Gasteiger charge is 2.13. The van der Waals surface area contributed by atoms with E-state index in [1.54, 1.807) is 18.2 Å². The van der Waals surface area contributed by atoms with Crippen LogP contribution in [0.5, 0.6) is 5.75 Å². The van der Waals surface area contributed by atoms with Crippen molar-refractivity contribution < 1.29 is 14.9 Å². The number of anilines is 1. The van der Waals surface area contributed by atoms with E-state index in [-0.39, 0.29) is 19.1 Å². The lowest BCUT2D eigenvalue weighted by Crippen LogP contribution is -2.11. The van der Waals surface area contributed by atoms with Gasteiger partial charge in [0, 0.05) is 17.7 Å². The molecule has 20 heavy (non-hydrogen) atoms. The number of benzene rings is 2. The molecule has 4 nitrogen and oxygen atoms in total. The quantitative estimate of drug-likeness (QED) is 0.703. The van der Waals surface area contributed by atoms with Gasteiger partial charge < -0.3 is 20.7 Å². The molecule has 4 N–H and O–H groups in total. The molecule has 0 unspecified atom stereocenters. The van der Waals surface area contributed by atoms with Crippen LogP contribution in [0.1, 0.15) is 17.0 Å². The molecule has 0 radical (unpaired) electrons. The fourth-order valence-corrected chi connectivity index (χ4v) is 2.01. The smallest absolute Gasteiger partial charge is 0.121 e. The maximum atomic E-state index is 9.18. The highest BCUT2D eigenvalue weighted by molar-refractivity contribution is 5.53. The molecule has 0 heterocycles. The summed E-state index contributed by atoms with van der Waals surface area (Å²) in [6.07, 6.45) is 0. The van der Waals surface area contributed by atoms with Gasteiger partial charge in [-0.05, 0) is 17.2 Å². The molecule has 0 fully saturated rings. The molecule has 0 saturated carbocycles. The van der Waals surface area contributed by atoms with Crippen LogP contribution in [-0.2, 0) is 6.61 Å². The van der Waals surface area contributed by atoms with Crippen LogP contribution in [0.4, 0.5) is 5.69 Å². The van der Waals surface area contributed by atoms with Gasteiger partial charge in [0.2, 0.25) is 0 Å². The second-order valence-corrected chi connectivity index (χ2v) is 4.63. The van der Waals surface area contributed by atoms with Crippen molar-refractivity contribution in [2.45, 2.75) is 12.5 Å². The molecule has 2 aromatic rings. The third kappa shape index (κ3) is 3.50. The molecule has 2 rings (SSSR count). The molecule has 0 aliphatic heterocycles. The van der Waals surface area contributed by atoms with Crippen molar-refractivity contribution in [2.75, 3.05) is 18.9 Å². The maximum Gasteiger partial charge on any atom is 0.121 e. The predicted molar refractivity (Wildman–Crippen MR) is 78.5 cm³/mol. The SMILES string of the molecule is Nc1cc(OCc2ccccc2)ccc1C(CO)CO. The van der Waals surface area contributed by atoms with Gasteiger partial charge in [-0.3, -0.25) is 0 Å². The maximum absolute atomic E-state index is 9.18. The molecule has 0 bridgehead atoms. The number of aliphatic hydroxyl groups excluding tert-OH is 2. The van der Waals surface area contributed by atoms with E-state index in [0.717, 1.165) is 11.1 Å². The Hall–Kier alpha value is -2.04. The summed E-state index contributed by atoms with van der Waals surface area (Å²) in [7, 11) is 0. The van der Waals surface area contributed by atoms with Gasteiger partial charge in [0.05, 0.1) is 13.2 Å². The van der Waals surface area contributed by atoms with Crippen molar-refractivity contribution >= 4 is 5.69 Å². The number of hydrogen-bond acceptors (Lipinski definition) is 4. The average Bonchev–Trinajstić information content (AvgIpc) is 2.49. The van der Waals surface area contributed by atoms with Gasteiger partial charge in [-0.1, -0.05) is 36.4 Å². The van der Waals surface area contributed by atoms with Gasteiger partial charge >= 0.3 is 0 Å². The van der Waals surface area contributed by atoms with Crippen LogP contribution < -0.4 is 10.5 Å². The van der Waals surface area contributed by atoms with E-state index >= 15 is 0 Å². The van der Waals surface area contributed by atoms with Crippen LogP contribution in [0.25, 0.3) is 0 Å². The topological polar surface area (TPSA) is 75.7 Å². The van der Waals surface area contributed by atoms with Crippen LogP contribution in [0.2, 0.25) is 0 Å². The van der Waals surface area contributed by atoms with Gasteiger partial charge in [0.15, 0.2) is 0 Å². The Morgan fingerprint density at radius 1 is 1.00 bits per heavy atom. The monoisotopic (exact) mass is 273 g/mol. The lowest BCUT2D eigenvalue weighted by Gasteiger charge is -2.15. The fraction of sp³-hybridized carbons (Fsp3) is 0.250. The Morgan fingerprint density at radius 3 is 2.30 bits per heavy atom. The van der Waals surface area contributed by atoms with Crippen LogP contribution in [0, 0.1) is 0 Å². The van der Waals surface area contributed by atoms with Crippen molar-refractivity contribution in [3.8, 4) is 5.75 Å². The number of hydrogen-bond donors (Lipinski definition) is 3. The molecule has 4 heteroatoms. The van der Waals surface area contributed by atoms with Crippen molar-refractivity contribution in [3.05, 3.63) is 59.7 Å². The Kier molecular flexibility index (Phi) is 4.98. The van der Waals surface area contributed by atoms with Gasteiger partial charge in [0.25, 0.3) is 0 Å². The van der Waals surface area contributed by atoms with E-state index in [2.05, 4.69) is 0 Å². The molecule has 0 aromatic heterocycles. The summed E-state index contributed by atoms with van der Waals surface area (Å²) in [5.74, 6) is 0.322. The van der Waals surface area contributed by atoms with Crippen LogP contribution in [-0.4, -0.2) is 23.4 Å². The van der Waals surface area contributed by atoms with E-state index in [1.165, 1.54) is 0 Å². The number of rotatable bonds is 6. The fourth-order valence-electron chi connectivity index (χ4n) is 2.01. The molecule has 0 atom stereocenters. The van der Waals surface area contributed by atoms with Gasteiger partial charge in [-0.25, -0.2) is 0 Å². The first kappa shape index (κ1) is 14.4. The lowest BCUT2D eigenvalue weighted by atomic mass is 9.99. The second-order valence-electron chi connectivity index (χ2n) is 4.63. The summed E-state index contributed by atoms with van der Waals surface area (Å²) in [6.45, 7) is 0.207. The molecule has 0 spiro atoms. The minimum absolute atomic E-state index is 0.134. The summed E-state index contributed by atoms with van der Waals surface area (Å²) in [6, 6.07) is 15.2. The number of nitrogens with two attached hydrogens (primary N) is 1. The zero-order valence-corrected chi connectivity index (χ0v) is 11.2. The summed E-state index contributed by atoms with van der Waals surface area (Å²) in [5, 5.41) is 18.4. The van der Waals surface area contributed by atoms with Gasteiger partial charge in [-0.15, -0.1) is 0 Å². The summed E-state index contributed by atoms with van der Waals surface area (Å²) < 4.78 is 5.67. The second kappa shape index (κ2) is 6.93. The molecular weight excluding hydrogens is 254 g/mol. The normalized spacial score (nSPS) is 10.8. The minimum Gasteiger partial charge on any atom is -0.489 e. The Morgan fingerprint density at radius 2 is 1.70 bits per heavy atom. The molecule has 106 valence electrons.